The maximum atomic E-state index is 2.68. The lowest BCUT2D eigenvalue weighted by Gasteiger charge is -2.32. The molecular weight excluding hydrogens is 148 g/mol. The molecule has 2 rings (SSSR count). The molecule has 0 saturated carbocycles. The number of rotatable bonds is 2. The quantitative estimate of drug-likeness (QED) is 0.607. The highest BCUT2D eigenvalue weighted by atomic mass is 15.3. The van der Waals surface area contributed by atoms with Gasteiger partial charge in [-0.3, -0.25) is 4.90 Å². The Labute approximate surface area is 75.5 Å². The number of hydrogen-bond acceptors (Lipinski definition) is 2. The van der Waals surface area contributed by atoms with E-state index in [0.717, 1.165) is 18.0 Å². The molecule has 2 nitrogen and oxygen atoms in total. The highest BCUT2D eigenvalue weighted by Crippen LogP contribution is 2.29. The van der Waals surface area contributed by atoms with Gasteiger partial charge in [0.15, 0.2) is 0 Å². The Kier molecular flexibility index (Phi) is 2.13. The summed E-state index contributed by atoms with van der Waals surface area (Å²) in [4.78, 5) is 5.19. The predicted molar refractivity (Wildman–Crippen MR) is 51.2 cm³/mol. The summed E-state index contributed by atoms with van der Waals surface area (Å²) in [5.41, 5.74) is 0. The standard InChI is InChI=1S/C10H20N2/c1-8(2)5-12-7-9-4-10(12)6-11(9)3/h8-10H,4-7H2,1-3H3/t9?,10-/m0/s1. The van der Waals surface area contributed by atoms with Crippen LogP contribution in [0.3, 0.4) is 0 Å². The van der Waals surface area contributed by atoms with Crippen LogP contribution in [0.15, 0.2) is 0 Å². The molecule has 0 N–H and O–H groups in total. The van der Waals surface area contributed by atoms with E-state index >= 15 is 0 Å². The van der Waals surface area contributed by atoms with Crippen LogP contribution in [0.25, 0.3) is 0 Å². The van der Waals surface area contributed by atoms with Crippen LogP contribution >= 0.6 is 0 Å². The molecule has 0 amide bonds. The van der Waals surface area contributed by atoms with Gasteiger partial charge in [0.1, 0.15) is 0 Å². The van der Waals surface area contributed by atoms with E-state index in [4.69, 9.17) is 0 Å². The van der Waals surface area contributed by atoms with Crippen molar-refractivity contribution in [3.8, 4) is 0 Å². The highest BCUT2D eigenvalue weighted by Gasteiger charge is 2.40. The predicted octanol–water partition coefficient (Wildman–Crippen LogP) is 1.03. The van der Waals surface area contributed by atoms with Gasteiger partial charge in [-0.05, 0) is 19.4 Å². The van der Waals surface area contributed by atoms with Gasteiger partial charge in [0.05, 0.1) is 0 Å². The normalized spacial score (nSPS) is 37.0. The van der Waals surface area contributed by atoms with Crippen molar-refractivity contribution in [1.29, 1.82) is 0 Å². The summed E-state index contributed by atoms with van der Waals surface area (Å²) in [5, 5.41) is 0. The van der Waals surface area contributed by atoms with Crippen LogP contribution in [-0.2, 0) is 0 Å². The van der Waals surface area contributed by atoms with Crippen molar-refractivity contribution in [2.75, 3.05) is 26.7 Å². The Hall–Kier alpha value is -0.0800. The van der Waals surface area contributed by atoms with E-state index in [-0.39, 0.29) is 0 Å². The maximum Gasteiger partial charge on any atom is 0.0239 e. The minimum atomic E-state index is 0.828. The first kappa shape index (κ1) is 8.52. The van der Waals surface area contributed by atoms with Crippen LogP contribution in [0, 0.1) is 5.92 Å². The number of hydrogen-bond donors (Lipinski definition) is 0. The average molecular weight is 168 g/mol. The Morgan fingerprint density at radius 1 is 1.25 bits per heavy atom. The third-order valence-electron chi connectivity index (χ3n) is 3.23. The Morgan fingerprint density at radius 2 is 2.00 bits per heavy atom. The van der Waals surface area contributed by atoms with Gasteiger partial charge in [-0.2, -0.15) is 0 Å². The van der Waals surface area contributed by atoms with Gasteiger partial charge in [-0.1, -0.05) is 13.8 Å². The average Bonchev–Trinajstić information content (AvgIpc) is 2.44. The first-order valence-electron chi connectivity index (χ1n) is 5.11. The second-order valence-electron chi connectivity index (χ2n) is 4.83. The largest absolute Gasteiger partial charge is 0.301 e. The first-order valence-corrected chi connectivity index (χ1v) is 5.11. The van der Waals surface area contributed by atoms with E-state index in [0.29, 0.717) is 0 Å². The van der Waals surface area contributed by atoms with Gasteiger partial charge >= 0.3 is 0 Å². The summed E-state index contributed by atoms with van der Waals surface area (Å²) in [6.07, 6.45) is 1.42. The minimum Gasteiger partial charge on any atom is -0.301 e. The lowest BCUT2D eigenvalue weighted by Crippen LogP contribution is -2.45. The minimum absolute atomic E-state index is 0.828. The maximum absolute atomic E-state index is 2.68. The Balaban J connectivity index is 1.90. The Bertz CT molecular complexity index is 165. The van der Waals surface area contributed by atoms with Gasteiger partial charge in [0.25, 0.3) is 0 Å². The third kappa shape index (κ3) is 1.38. The number of nitrogens with zero attached hydrogens (tertiary/aromatic N) is 2. The highest BCUT2D eigenvalue weighted by molar-refractivity contribution is 4.98. The molecule has 70 valence electrons. The third-order valence-corrected chi connectivity index (χ3v) is 3.23. The van der Waals surface area contributed by atoms with E-state index in [1.165, 1.54) is 26.1 Å². The van der Waals surface area contributed by atoms with Crippen molar-refractivity contribution in [3.05, 3.63) is 0 Å². The Morgan fingerprint density at radius 3 is 2.42 bits per heavy atom. The smallest absolute Gasteiger partial charge is 0.0239 e. The summed E-state index contributed by atoms with van der Waals surface area (Å²) in [7, 11) is 2.26. The molecule has 2 aliphatic heterocycles. The lowest BCUT2D eigenvalue weighted by molar-refractivity contribution is 0.137. The van der Waals surface area contributed by atoms with Crippen LogP contribution in [0.4, 0.5) is 0 Å². The zero-order valence-corrected chi connectivity index (χ0v) is 8.45. The molecule has 2 heterocycles. The number of piperazine rings is 1. The molecule has 0 radical (unpaired) electrons. The van der Waals surface area contributed by atoms with Crippen LogP contribution in [0.2, 0.25) is 0 Å². The fourth-order valence-electron chi connectivity index (χ4n) is 2.64. The van der Waals surface area contributed by atoms with Crippen LogP contribution < -0.4 is 0 Å². The molecule has 2 saturated heterocycles. The van der Waals surface area contributed by atoms with Crippen molar-refractivity contribution in [1.82, 2.24) is 9.80 Å². The molecule has 0 aromatic rings. The fraction of sp³-hybridized carbons (Fsp3) is 1.00. The molecule has 0 aliphatic carbocycles. The second kappa shape index (κ2) is 3.00. The van der Waals surface area contributed by atoms with E-state index < -0.39 is 0 Å². The summed E-state index contributed by atoms with van der Waals surface area (Å²) in [6, 6.07) is 1.75. The van der Waals surface area contributed by atoms with E-state index in [9.17, 15) is 0 Å². The van der Waals surface area contributed by atoms with Crippen molar-refractivity contribution in [2.45, 2.75) is 32.4 Å². The lowest BCUT2D eigenvalue weighted by atomic mass is 10.2. The molecule has 12 heavy (non-hydrogen) atoms. The molecule has 0 aromatic carbocycles. The molecule has 2 bridgehead atoms. The molecule has 1 unspecified atom stereocenters. The SMILES string of the molecule is CC(C)CN1CC2C[C@H]1CN2C. The van der Waals surface area contributed by atoms with Crippen molar-refractivity contribution in [3.63, 3.8) is 0 Å². The number of fused-ring (bicyclic) bond motifs is 2. The van der Waals surface area contributed by atoms with Gasteiger partial charge in [0.2, 0.25) is 0 Å². The zero-order valence-electron chi connectivity index (χ0n) is 8.45. The summed E-state index contributed by atoms with van der Waals surface area (Å²) in [6.45, 7) is 8.55. The van der Waals surface area contributed by atoms with Crippen molar-refractivity contribution in [2.24, 2.45) is 5.92 Å². The second-order valence-corrected chi connectivity index (χ2v) is 4.83. The topological polar surface area (TPSA) is 6.48 Å². The van der Waals surface area contributed by atoms with E-state index in [2.05, 4.69) is 30.7 Å². The summed E-state index contributed by atoms with van der Waals surface area (Å²) >= 11 is 0. The van der Waals surface area contributed by atoms with E-state index in [1.54, 1.807) is 0 Å². The monoisotopic (exact) mass is 168 g/mol. The summed E-state index contributed by atoms with van der Waals surface area (Å²) in [5.74, 6) is 0.828. The van der Waals surface area contributed by atoms with Crippen molar-refractivity contribution >= 4 is 0 Å². The molecule has 2 atom stereocenters. The molecule has 2 heteroatoms. The van der Waals surface area contributed by atoms with Crippen LogP contribution in [0.1, 0.15) is 20.3 Å². The van der Waals surface area contributed by atoms with Crippen LogP contribution in [-0.4, -0.2) is 48.6 Å². The van der Waals surface area contributed by atoms with Gasteiger partial charge in [-0.15, -0.1) is 0 Å². The van der Waals surface area contributed by atoms with E-state index in [1.807, 2.05) is 0 Å². The van der Waals surface area contributed by atoms with Gasteiger partial charge in [-0.25, -0.2) is 0 Å². The molecule has 2 aliphatic rings. The zero-order chi connectivity index (χ0) is 8.72. The first-order chi connectivity index (χ1) is 5.66. The van der Waals surface area contributed by atoms with Gasteiger partial charge < -0.3 is 4.90 Å². The number of likely N-dealkylation sites (tertiary alicyclic amines) is 2. The number of likely N-dealkylation sites (N-methyl/N-ethyl adjacent to an activating group) is 1. The van der Waals surface area contributed by atoms with Crippen LogP contribution in [0.5, 0.6) is 0 Å². The molecular formula is C10H20N2. The van der Waals surface area contributed by atoms with Crippen molar-refractivity contribution < 1.29 is 0 Å². The fourth-order valence-corrected chi connectivity index (χ4v) is 2.64. The molecule has 0 aromatic heterocycles. The molecule has 0 spiro atoms. The van der Waals surface area contributed by atoms with Gasteiger partial charge in [0, 0.05) is 31.7 Å². The molecule has 2 fully saturated rings. The summed E-state index contributed by atoms with van der Waals surface area (Å²) < 4.78 is 0.